The van der Waals surface area contributed by atoms with E-state index in [2.05, 4.69) is 0 Å². The van der Waals surface area contributed by atoms with Gasteiger partial charge in [0.1, 0.15) is 5.82 Å². The highest BCUT2D eigenvalue weighted by Gasteiger charge is 2.13. The van der Waals surface area contributed by atoms with Crippen LogP contribution in [-0.4, -0.2) is 17.8 Å². The number of hydrogen-bond acceptors (Lipinski definition) is 4. The van der Waals surface area contributed by atoms with Gasteiger partial charge in [0.2, 0.25) is 0 Å². The van der Waals surface area contributed by atoms with E-state index in [0.717, 1.165) is 0 Å². The van der Waals surface area contributed by atoms with Gasteiger partial charge in [0.15, 0.2) is 0 Å². The lowest BCUT2D eigenvalue weighted by Gasteiger charge is -2.11. The van der Waals surface area contributed by atoms with Crippen molar-refractivity contribution in [3.63, 3.8) is 0 Å². The van der Waals surface area contributed by atoms with E-state index in [9.17, 15) is 9.18 Å². The number of benzene rings is 1. The molecule has 1 unspecified atom stereocenters. The van der Waals surface area contributed by atoms with Gasteiger partial charge in [0, 0.05) is 15.8 Å². The molecule has 1 aromatic carbocycles. The molecule has 0 saturated heterocycles. The van der Waals surface area contributed by atoms with Crippen LogP contribution in [0.2, 0.25) is 0 Å². The molecule has 3 nitrogen and oxygen atoms in total. The summed E-state index contributed by atoms with van der Waals surface area (Å²) in [5.74, 6) is -0.617. The van der Waals surface area contributed by atoms with Crippen molar-refractivity contribution >= 4 is 23.4 Å². The first-order valence-corrected chi connectivity index (χ1v) is 6.28. The molecular formula is C12H16FNO2S. The number of halogens is 1. The quantitative estimate of drug-likeness (QED) is 0.500. The van der Waals surface area contributed by atoms with E-state index < -0.39 is 0 Å². The van der Waals surface area contributed by atoms with Crippen molar-refractivity contribution in [2.45, 2.75) is 30.4 Å². The highest BCUT2D eigenvalue weighted by atomic mass is 32.2. The van der Waals surface area contributed by atoms with Crippen LogP contribution in [0.25, 0.3) is 0 Å². The van der Waals surface area contributed by atoms with Crippen molar-refractivity contribution < 1.29 is 13.9 Å². The highest BCUT2D eigenvalue weighted by Crippen LogP contribution is 2.28. The first-order valence-electron chi connectivity index (χ1n) is 5.40. The number of rotatable bonds is 5. The summed E-state index contributed by atoms with van der Waals surface area (Å²) in [6.45, 7) is 3.99. The van der Waals surface area contributed by atoms with Gasteiger partial charge in [0.25, 0.3) is 0 Å². The maximum Gasteiger partial charge on any atom is 0.306 e. The number of nitrogens with two attached hydrogens (primary N) is 1. The zero-order chi connectivity index (χ0) is 12.8. The Morgan fingerprint density at radius 1 is 1.59 bits per heavy atom. The molecule has 17 heavy (non-hydrogen) atoms. The van der Waals surface area contributed by atoms with Crippen molar-refractivity contribution in [2.24, 2.45) is 0 Å². The SMILES string of the molecule is CCOC(=O)CC(C)Sc1ccc(N)cc1F. The molecule has 1 atom stereocenters. The summed E-state index contributed by atoms with van der Waals surface area (Å²) < 4.78 is 18.3. The minimum Gasteiger partial charge on any atom is -0.466 e. The lowest BCUT2D eigenvalue weighted by atomic mass is 10.3. The van der Waals surface area contributed by atoms with Crippen LogP contribution < -0.4 is 5.73 Å². The average Bonchev–Trinajstić information content (AvgIpc) is 2.22. The normalized spacial score (nSPS) is 12.2. The fourth-order valence-corrected chi connectivity index (χ4v) is 2.30. The second-order valence-corrected chi connectivity index (χ2v) is 5.11. The van der Waals surface area contributed by atoms with Crippen LogP contribution >= 0.6 is 11.8 Å². The monoisotopic (exact) mass is 257 g/mol. The van der Waals surface area contributed by atoms with Crippen LogP contribution in [0, 0.1) is 5.82 Å². The van der Waals surface area contributed by atoms with Gasteiger partial charge < -0.3 is 10.5 Å². The number of thioether (sulfide) groups is 1. The molecule has 1 rings (SSSR count). The molecule has 0 spiro atoms. The standard InChI is InChI=1S/C12H16FNO2S/c1-3-16-12(15)6-8(2)17-11-5-4-9(14)7-10(11)13/h4-5,7-8H,3,6,14H2,1-2H3. The Bertz CT molecular complexity index is 398. The minimum atomic E-state index is -0.356. The average molecular weight is 257 g/mol. The lowest BCUT2D eigenvalue weighted by molar-refractivity contribution is -0.142. The maximum atomic E-state index is 13.5. The van der Waals surface area contributed by atoms with Gasteiger partial charge in [-0.05, 0) is 25.1 Å². The van der Waals surface area contributed by atoms with Crippen LogP contribution in [0.3, 0.4) is 0 Å². The number of ether oxygens (including phenoxy) is 1. The summed E-state index contributed by atoms with van der Waals surface area (Å²) in [5.41, 5.74) is 5.85. The van der Waals surface area contributed by atoms with E-state index >= 15 is 0 Å². The molecule has 2 N–H and O–H groups in total. The molecule has 0 aliphatic rings. The van der Waals surface area contributed by atoms with E-state index in [4.69, 9.17) is 10.5 Å². The Kier molecular flexibility index (Phi) is 5.28. The van der Waals surface area contributed by atoms with Crippen LogP contribution in [0.5, 0.6) is 0 Å². The Hall–Kier alpha value is -1.23. The van der Waals surface area contributed by atoms with Gasteiger partial charge in [0.05, 0.1) is 13.0 Å². The second-order valence-electron chi connectivity index (χ2n) is 3.63. The summed E-state index contributed by atoms with van der Waals surface area (Å²) in [4.78, 5) is 11.7. The first kappa shape index (κ1) is 13.8. The van der Waals surface area contributed by atoms with Crippen molar-refractivity contribution in [2.75, 3.05) is 12.3 Å². The maximum absolute atomic E-state index is 13.5. The molecule has 1 aromatic rings. The van der Waals surface area contributed by atoms with E-state index in [1.54, 1.807) is 19.1 Å². The zero-order valence-electron chi connectivity index (χ0n) is 9.90. The summed E-state index contributed by atoms with van der Waals surface area (Å²) >= 11 is 1.30. The largest absolute Gasteiger partial charge is 0.466 e. The molecule has 0 aromatic heterocycles. The van der Waals surface area contributed by atoms with Crippen LogP contribution in [0.4, 0.5) is 10.1 Å². The fraction of sp³-hybridized carbons (Fsp3) is 0.417. The molecule has 0 amide bonds. The predicted molar refractivity (Wildman–Crippen MR) is 67.4 cm³/mol. The molecular weight excluding hydrogens is 241 g/mol. The van der Waals surface area contributed by atoms with Gasteiger partial charge >= 0.3 is 5.97 Å². The molecule has 0 radical (unpaired) electrons. The molecule has 0 fully saturated rings. The van der Waals surface area contributed by atoms with Gasteiger partial charge in [-0.25, -0.2) is 4.39 Å². The van der Waals surface area contributed by atoms with Crippen LogP contribution in [0.15, 0.2) is 23.1 Å². The van der Waals surface area contributed by atoms with Crippen molar-refractivity contribution in [3.8, 4) is 0 Å². The van der Waals surface area contributed by atoms with Gasteiger partial charge in [-0.15, -0.1) is 11.8 Å². The Morgan fingerprint density at radius 2 is 2.29 bits per heavy atom. The Balaban J connectivity index is 2.55. The van der Waals surface area contributed by atoms with E-state index in [0.29, 0.717) is 17.2 Å². The van der Waals surface area contributed by atoms with Crippen molar-refractivity contribution in [1.29, 1.82) is 0 Å². The smallest absolute Gasteiger partial charge is 0.306 e. The van der Waals surface area contributed by atoms with Gasteiger partial charge in [-0.1, -0.05) is 6.92 Å². The van der Waals surface area contributed by atoms with E-state index in [1.165, 1.54) is 17.8 Å². The third kappa shape index (κ3) is 4.65. The topological polar surface area (TPSA) is 52.3 Å². The summed E-state index contributed by atoms with van der Waals surface area (Å²) in [6, 6.07) is 4.54. The fourth-order valence-electron chi connectivity index (χ4n) is 1.33. The van der Waals surface area contributed by atoms with Crippen molar-refractivity contribution in [3.05, 3.63) is 24.0 Å². The molecule has 0 heterocycles. The Labute approximate surface area is 105 Å². The molecule has 0 aliphatic heterocycles. The number of esters is 1. The first-order chi connectivity index (χ1) is 8.02. The Morgan fingerprint density at radius 3 is 2.88 bits per heavy atom. The van der Waals surface area contributed by atoms with E-state index in [-0.39, 0.29) is 23.5 Å². The summed E-state index contributed by atoms with van der Waals surface area (Å²) in [5, 5.41) is -0.0350. The molecule has 94 valence electrons. The summed E-state index contributed by atoms with van der Waals surface area (Å²) in [7, 11) is 0. The predicted octanol–water partition coefficient (Wildman–Crippen LogP) is 2.84. The third-order valence-electron chi connectivity index (χ3n) is 2.04. The third-order valence-corrected chi connectivity index (χ3v) is 3.20. The van der Waals surface area contributed by atoms with Crippen LogP contribution in [-0.2, 0) is 9.53 Å². The molecule has 0 bridgehead atoms. The molecule has 0 saturated carbocycles. The van der Waals surface area contributed by atoms with Gasteiger partial charge in [-0.3, -0.25) is 4.79 Å². The van der Waals surface area contributed by atoms with Crippen molar-refractivity contribution in [1.82, 2.24) is 0 Å². The van der Waals surface area contributed by atoms with Gasteiger partial charge in [-0.2, -0.15) is 0 Å². The number of nitrogen functional groups attached to an aromatic ring is 1. The minimum absolute atomic E-state index is 0.0350. The highest BCUT2D eigenvalue weighted by molar-refractivity contribution is 8.00. The number of carbonyl (C=O) groups is 1. The number of carbonyl (C=O) groups excluding carboxylic acids is 1. The molecule has 0 aliphatic carbocycles. The van der Waals surface area contributed by atoms with Crippen LogP contribution in [0.1, 0.15) is 20.3 Å². The zero-order valence-corrected chi connectivity index (χ0v) is 10.7. The lowest BCUT2D eigenvalue weighted by Crippen LogP contribution is -2.10. The summed E-state index contributed by atoms with van der Waals surface area (Å²) in [6.07, 6.45) is 0.266. The van der Waals surface area contributed by atoms with E-state index in [1.807, 2.05) is 6.92 Å². The number of anilines is 1. The number of hydrogen-bond donors (Lipinski definition) is 1. The second kappa shape index (κ2) is 6.49. The molecule has 5 heteroatoms.